The molecular weight excluding hydrogens is 300 g/mol. The van der Waals surface area contributed by atoms with Crippen molar-refractivity contribution in [3.05, 3.63) is 33.8 Å². The summed E-state index contributed by atoms with van der Waals surface area (Å²) in [4.78, 5) is 12.9. The van der Waals surface area contributed by atoms with E-state index in [1.165, 1.54) is 5.56 Å². The molecule has 1 aromatic carbocycles. The third kappa shape index (κ3) is 1.99. The average molecular weight is 321 g/mol. The Labute approximate surface area is 123 Å². The van der Waals surface area contributed by atoms with Crippen LogP contribution < -0.4 is 0 Å². The molecule has 1 fully saturated rings. The van der Waals surface area contributed by atoms with Gasteiger partial charge in [-0.2, -0.15) is 0 Å². The molecule has 2 heteroatoms. The maximum absolute atomic E-state index is 12.9. The van der Waals surface area contributed by atoms with Gasteiger partial charge >= 0.3 is 0 Å². The Balaban J connectivity index is 1.99. The molecule has 4 atom stereocenters. The molecular formula is C17H21BrO. The monoisotopic (exact) mass is 320 g/mol. The van der Waals surface area contributed by atoms with Gasteiger partial charge < -0.3 is 0 Å². The second kappa shape index (κ2) is 4.44. The van der Waals surface area contributed by atoms with Crippen LogP contribution in [0.4, 0.5) is 0 Å². The van der Waals surface area contributed by atoms with Crippen LogP contribution in [0.1, 0.15) is 49.5 Å². The van der Waals surface area contributed by atoms with Gasteiger partial charge in [0.25, 0.3) is 0 Å². The van der Waals surface area contributed by atoms with E-state index in [-0.39, 0.29) is 5.41 Å². The van der Waals surface area contributed by atoms with Crippen molar-refractivity contribution in [1.29, 1.82) is 0 Å². The lowest BCUT2D eigenvalue weighted by Crippen LogP contribution is -2.40. The van der Waals surface area contributed by atoms with Gasteiger partial charge in [-0.15, -0.1) is 0 Å². The van der Waals surface area contributed by atoms with E-state index in [0.29, 0.717) is 17.6 Å². The molecule has 1 saturated carbocycles. The molecule has 0 bridgehead atoms. The molecule has 1 nitrogen and oxygen atoms in total. The van der Waals surface area contributed by atoms with E-state index in [4.69, 9.17) is 0 Å². The fourth-order valence-electron chi connectivity index (χ4n) is 4.22. The number of halogens is 1. The number of Topliss-reactive ketones (excluding diaryl/α,β-unsaturated/α-hetero) is 1. The van der Waals surface area contributed by atoms with Gasteiger partial charge in [0.1, 0.15) is 0 Å². The van der Waals surface area contributed by atoms with E-state index in [1.807, 2.05) is 6.07 Å². The molecule has 1 spiro atoms. The van der Waals surface area contributed by atoms with E-state index in [0.717, 1.165) is 35.2 Å². The molecule has 0 amide bonds. The van der Waals surface area contributed by atoms with E-state index in [2.05, 4.69) is 48.8 Å². The standard InChI is InChI=1S/C17H21BrO/c1-10-7-17(8-11(2)12(10)3)9-13-4-5-14(18)6-15(13)16(17)19/h4-6,10-12H,7-9H2,1-3H3/t10-,11+,12+,17+. The van der Waals surface area contributed by atoms with E-state index in [9.17, 15) is 4.79 Å². The molecule has 19 heavy (non-hydrogen) atoms. The fourth-order valence-corrected chi connectivity index (χ4v) is 4.58. The molecule has 0 aromatic heterocycles. The smallest absolute Gasteiger partial charge is 0.169 e. The van der Waals surface area contributed by atoms with Gasteiger partial charge in [0.2, 0.25) is 0 Å². The first-order valence-corrected chi connectivity index (χ1v) is 8.05. The Morgan fingerprint density at radius 2 is 1.79 bits per heavy atom. The van der Waals surface area contributed by atoms with E-state index >= 15 is 0 Å². The lowest BCUT2D eigenvalue weighted by Gasteiger charge is -2.43. The van der Waals surface area contributed by atoms with Crippen molar-refractivity contribution in [2.75, 3.05) is 0 Å². The van der Waals surface area contributed by atoms with Gasteiger partial charge in [-0.05, 0) is 54.7 Å². The second-order valence-corrected chi connectivity index (χ2v) is 7.73. The Kier molecular flexibility index (Phi) is 3.12. The minimum absolute atomic E-state index is 0.103. The van der Waals surface area contributed by atoms with Crippen LogP contribution in [0.25, 0.3) is 0 Å². The van der Waals surface area contributed by atoms with Crippen LogP contribution in [0, 0.1) is 23.2 Å². The maximum atomic E-state index is 12.9. The first-order valence-electron chi connectivity index (χ1n) is 7.26. The predicted molar refractivity (Wildman–Crippen MR) is 81.3 cm³/mol. The molecule has 0 heterocycles. The van der Waals surface area contributed by atoms with E-state index in [1.54, 1.807) is 0 Å². The highest BCUT2D eigenvalue weighted by Gasteiger charge is 2.50. The first kappa shape index (κ1) is 13.4. The summed E-state index contributed by atoms with van der Waals surface area (Å²) in [6, 6.07) is 6.20. The number of hydrogen-bond acceptors (Lipinski definition) is 1. The quantitative estimate of drug-likeness (QED) is 0.666. The molecule has 0 saturated heterocycles. The lowest BCUT2D eigenvalue weighted by atomic mass is 9.60. The molecule has 1 aromatic rings. The average Bonchev–Trinajstić information content (AvgIpc) is 2.60. The minimum Gasteiger partial charge on any atom is -0.294 e. The van der Waals surface area contributed by atoms with Gasteiger partial charge in [0.05, 0.1) is 0 Å². The molecule has 0 radical (unpaired) electrons. The second-order valence-electron chi connectivity index (χ2n) is 6.81. The largest absolute Gasteiger partial charge is 0.294 e. The van der Waals surface area contributed by atoms with Crippen molar-refractivity contribution < 1.29 is 4.79 Å². The Morgan fingerprint density at radius 3 is 2.42 bits per heavy atom. The molecule has 2 aliphatic rings. The predicted octanol–water partition coefficient (Wildman–Crippen LogP) is 4.88. The van der Waals surface area contributed by atoms with Gasteiger partial charge in [-0.3, -0.25) is 4.79 Å². The Morgan fingerprint density at radius 1 is 1.16 bits per heavy atom. The Bertz CT molecular complexity index is 522. The normalized spacial score (nSPS) is 37.7. The van der Waals surface area contributed by atoms with Crippen molar-refractivity contribution in [3.63, 3.8) is 0 Å². The van der Waals surface area contributed by atoms with Crippen LogP contribution in [0.5, 0.6) is 0 Å². The summed E-state index contributed by atoms with van der Waals surface area (Å²) in [6.07, 6.45) is 3.07. The summed E-state index contributed by atoms with van der Waals surface area (Å²) >= 11 is 3.49. The summed E-state index contributed by atoms with van der Waals surface area (Å²) in [7, 11) is 0. The van der Waals surface area contributed by atoms with Gasteiger partial charge in [-0.25, -0.2) is 0 Å². The zero-order valence-electron chi connectivity index (χ0n) is 11.9. The number of ketones is 1. The van der Waals surface area contributed by atoms with Gasteiger partial charge in [0, 0.05) is 15.5 Å². The number of fused-ring (bicyclic) bond motifs is 1. The molecule has 2 aliphatic carbocycles. The van der Waals surface area contributed by atoms with Crippen molar-refractivity contribution in [3.8, 4) is 0 Å². The summed E-state index contributed by atoms with van der Waals surface area (Å²) < 4.78 is 1.02. The molecule has 102 valence electrons. The lowest BCUT2D eigenvalue weighted by molar-refractivity contribution is 0.0458. The van der Waals surface area contributed by atoms with Crippen LogP contribution in [-0.2, 0) is 6.42 Å². The summed E-state index contributed by atoms with van der Waals surface area (Å²) in [6.45, 7) is 6.97. The highest BCUT2D eigenvalue weighted by atomic mass is 79.9. The molecule has 0 N–H and O–H groups in total. The fraction of sp³-hybridized carbons (Fsp3) is 0.588. The summed E-state index contributed by atoms with van der Waals surface area (Å²) in [5, 5.41) is 0. The van der Waals surface area contributed by atoms with Crippen molar-refractivity contribution >= 4 is 21.7 Å². The number of carbonyl (C=O) groups excluding carboxylic acids is 1. The van der Waals surface area contributed by atoms with Crippen molar-refractivity contribution in [2.45, 2.75) is 40.0 Å². The minimum atomic E-state index is -0.103. The van der Waals surface area contributed by atoms with Crippen LogP contribution in [0.15, 0.2) is 22.7 Å². The number of carbonyl (C=O) groups is 1. The van der Waals surface area contributed by atoms with Crippen molar-refractivity contribution in [1.82, 2.24) is 0 Å². The summed E-state index contributed by atoms with van der Waals surface area (Å²) in [5.41, 5.74) is 2.11. The number of benzene rings is 1. The van der Waals surface area contributed by atoms with Crippen molar-refractivity contribution in [2.24, 2.45) is 23.2 Å². The van der Waals surface area contributed by atoms with Crippen LogP contribution >= 0.6 is 15.9 Å². The molecule has 0 aliphatic heterocycles. The highest BCUT2D eigenvalue weighted by Crippen LogP contribution is 2.52. The Hall–Kier alpha value is -0.630. The SMILES string of the molecule is C[C@H]1[C@H](C)C[C@@]2(Cc3ccc(Br)cc3C2=O)C[C@@H]1C. The summed E-state index contributed by atoms with van der Waals surface area (Å²) in [5.74, 6) is 2.42. The third-order valence-corrected chi connectivity index (χ3v) is 6.04. The zero-order chi connectivity index (χ0) is 13.8. The van der Waals surface area contributed by atoms with E-state index < -0.39 is 0 Å². The van der Waals surface area contributed by atoms with Gasteiger partial charge in [0.15, 0.2) is 5.78 Å². The third-order valence-electron chi connectivity index (χ3n) is 5.55. The highest BCUT2D eigenvalue weighted by molar-refractivity contribution is 9.10. The van der Waals surface area contributed by atoms with Crippen LogP contribution in [0.2, 0.25) is 0 Å². The topological polar surface area (TPSA) is 17.1 Å². The molecule has 0 unspecified atom stereocenters. The number of hydrogen-bond donors (Lipinski definition) is 0. The molecule has 3 rings (SSSR count). The number of rotatable bonds is 0. The van der Waals surface area contributed by atoms with Crippen LogP contribution in [-0.4, -0.2) is 5.78 Å². The zero-order valence-corrected chi connectivity index (χ0v) is 13.5. The maximum Gasteiger partial charge on any atom is 0.169 e. The van der Waals surface area contributed by atoms with Gasteiger partial charge in [-0.1, -0.05) is 42.8 Å². The first-order chi connectivity index (χ1) is 8.93. The van der Waals surface area contributed by atoms with Crippen LogP contribution in [0.3, 0.4) is 0 Å².